The minimum Gasteiger partial charge on any atom is -0.394 e. The third-order valence-corrected chi connectivity index (χ3v) is 2.53. The lowest BCUT2D eigenvalue weighted by molar-refractivity contribution is 0.0639. The molecule has 0 aliphatic carbocycles. The van der Waals surface area contributed by atoms with Crippen molar-refractivity contribution in [2.75, 3.05) is 39.5 Å². The van der Waals surface area contributed by atoms with Crippen LogP contribution in [0.3, 0.4) is 0 Å². The van der Waals surface area contributed by atoms with Gasteiger partial charge in [0.05, 0.1) is 19.8 Å². The first-order valence-corrected chi connectivity index (χ1v) is 6.65. The Balaban J connectivity index is 0.000000673. The second kappa shape index (κ2) is 11.4. The highest BCUT2D eigenvalue weighted by atomic mass is 16.5. The normalized spacial score (nSPS) is 21.4. The maximum absolute atomic E-state index is 8.51. The lowest BCUT2D eigenvalue weighted by Gasteiger charge is -2.30. The van der Waals surface area contributed by atoms with Gasteiger partial charge < -0.3 is 14.7 Å². The van der Waals surface area contributed by atoms with Crippen LogP contribution in [0.4, 0.5) is 0 Å². The van der Waals surface area contributed by atoms with Crippen LogP contribution in [0.5, 0.6) is 0 Å². The molecule has 0 radical (unpaired) electrons. The van der Waals surface area contributed by atoms with Gasteiger partial charge in [0, 0.05) is 13.1 Å². The van der Waals surface area contributed by atoms with Crippen molar-refractivity contribution in [1.82, 2.24) is 4.90 Å². The van der Waals surface area contributed by atoms with E-state index in [2.05, 4.69) is 25.7 Å². The third kappa shape index (κ3) is 9.13. The summed E-state index contributed by atoms with van der Waals surface area (Å²) in [6.45, 7) is 11.4. The van der Waals surface area contributed by atoms with Gasteiger partial charge in [0.25, 0.3) is 0 Å². The molecule has 1 aliphatic heterocycles. The molecule has 0 spiro atoms. The van der Waals surface area contributed by atoms with E-state index >= 15 is 0 Å². The number of hydrogen-bond donors (Lipinski definition) is 1. The van der Waals surface area contributed by atoms with Crippen LogP contribution >= 0.6 is 0 Å². The van der Waals surface area contributed by atoms with Crippen LogP contribution in [0.15, 0.2) is 0 Å². The van der Waals surface area contributed by atoms with E-state index in [4.69, 9.17) is 9.84 Å². The molecule has 1 rings (SSSR count). The van der Waals surface area contributed by atoms with E-state index in [0.717, 1.165) is 19.1 Å². The Morgan fingerprint density at radius 1 is 1.31 bits per heavy atom. The third-order valence-electron chi connectivity index (χ3n) is 2.53. The highest BCUT2D eigenvalue weighted by Gasteiger charge is 2.15. The van der Waals surface area contributed by atoms with Crippen molar-refractivity contribution < 1.29 is 9.84 Å². The molecule has 0 aromatic carbocycles. The molecule has 0 bridgehead atoms. The van der Waals surface area contributed by atoms with Crippen molar-refractivity contribution in [2.24, 2.45) is 5.92 Å². The SMILES string of the molecule is CC1CCCN(CCOCCO)C1.CCC. The fourth-order valence-corrected chi connectivity index (χ4v) is 1.85. The van der Waals surface area contributed by atoms with Crippen molar-refractivity contribution in [3.8, 4) is 0 Å². The molecule has 3 nitrogen and oxygen atoms in total. The molecule has 1 N–H and O–H groups in total. The van der Waals surface area contributed by atoms with Crippen LogP contribution in [0.2, 0.25) is 0 Å². The molecule has 1 unspecified atom stereocenters. The number of aliphatic hydroxyl groups excluding tert-OH is 1. The quantitative estimate of drug-likeness (QED) is 0.736. The van der Waals surface area contributed by atoms with Gasteiger partial charge in [-0.1, -0.05) is 27.2 Å². The minimum atomic E-state index is 0.135. The van der Waals surface area contributed by atoms with Crippen LogP contribution in [0.25, 0.3) is 0 Å². The minimum absolute atomic E-state index is 0.135. The van der Waals surface area contributed by atoms with Gasteiger partial charge in [0.15, 0.2) is 0 Å². The second-order valence-electron chi connectivity index (χ2n) is 4.59. The Bertz CT molecular complexity index is 142. The Morgan fingerprint density at radius 3 is 2.56 bits per heavy atom. The summed E-state index contributed by atoms with van der Waals surface area (Å²) in [4.78, 5) is 2.45. The molecule has 1 fully saturated rings. The van der Waals surface area contributed by atoms with Crippen LogP contribution in [0, 0.1) is 5.92 Å². The molecular formula is C13H29NO2. The van der Waals surface area contributed by atoms with Gasteiger partial charge in [0.1, 0.15) is 0 Å². The van der Waals surface area contributed by atoms with E-state index in [1.54, 1.807) is 0 Å². The molecule has 1 aliphatic rings. The van der Waals surface area contributed by atoms with Crippen molar-refractivity contribution in [2.45, 2.75) is 40.0 Å². The molecule has 0 amide bonds. The number of piperidine rings is 1. The lowest BCUT2D eigenvalue weighted by atomic mass is 10.0. The number of ether oxygens (including phenoxy) is 1. The number of aliphatic hydroxyl groups is 1. The van der Waals surface area contributed by atoms with Crippen LogP contribution in [0.1, 0.15) is 40.0 Å². The Labute approximate surface area is 101 Å². The zero-order chi connectivity index (χ0) is 12.2. The standard InChI is InChI=1S/C10H21NO2.C3H8/c1-10-3-2-4-11(9-10)5-7-13-8-6-12;1-3-2/h10,12H,2-9H2,1H3;3H2,1-2H3. The zero-order valence-corrected chi connectivity index (χ0v) is 11.2. The fourth-order valence-electron chi connectivity index (χ4n) is 1.85. The zero-order valence-electron chi connectivity index (χ0n) is 11.2. The first-order chi connectivity index (χ1) is 7.74. The predicted octanol–water partition coefficient (Wildman–Crippen LogP) is 2.14. The molecule has 98 valence electrons. The van der Waals surface area contributed by atoms with Gasteiger partial charge in [-0.05, 0) is 25.3 Å². The highest BCUT2D eigenvalue weighted by Crippen LogP contribution is 2.14. The van der Waals surface area contributed by atoms with Gasteiger partial charge in [-0.2, -0.15) is 0 Å². The first kappa shape index (κ1) is 15.9. The number of nitrogens with zero attached hydrogens (tertiary/aromatic N) is 1. The van der Waals surface area contributed by atoms with Crippen LogP contribution < -0.4 is 0 Å². The van der Waals surface area contributed by atoms with Gasteiger partial charge in [-0.3, -0.25) is 0 Å². The topological polar surface area (TPSA) is 32.7 Å². The van der Waals surface area contributed by atoms with Gasteiger partial charge in [0.2, 0.25) is 0 Å². The van der Waals surface area contributed by atoms with E-state index in [-0.39, 0.29) is 6.61 Å². The summed E-state index contributed by atoms with van der Waals surface area (Å²) in [6.07, 6.45) is 3.94. The largest absolute Gasteiger partial charge is 0.394 e. The summed E-state index contributed by atoms with van der Waals surface area (Å²) in [6, 6.07) is 0. The fraction of sp³-hybridized carbons (Fsp3) is 1.00. The van der Waals surface area contributed by atoms with Crippen molar-refractivity contribution in [3.05, 3.63) is 0 Å². The first-order valence-electron chi connectivity index (χ1n) is 6.65. The van der Waals surface area contributed by atoms with Crippen LogP contribution in [-0.2, 0) is 4.74 Å². The summed E-state index contributed by atoms with van der Waals surface area (Å²) in [5, 5.41) is 8.51. The molecular weight excluding hydrogens is 202 g/mol. The highest BCUT2D eigenvalue weighted by molar-refractivity contribution is 4.69. The summed E-state index contributed by atoms with van der Waals surface area (Å²) in [5.41, 5.74) is 0. The smallest absolute Gasteiger partial charge is 0.0698 e. The molecule has 0 aromatic heterocycles. The molecule has 1 saturated heterocycles. The van der Waals surface area contributed by atoms with E-state index in [9.17, 15) is 0 Å². The summed E-state index contributed by atoms with van der Waals surface area (Å²) in [7, 11) is 0. The monoisotopic (exact) mass is 231 g/mol. The van der Waals surface area contributed by atoms with Crippen molar-refractivity contribution in [3.63, 3.8) is 0 Å². The van der Waals surface area contributed by atoms with E-state index in [1.165, 1.54) is 32.4 Å². The average molecular weight is 231 g/mol. The van der Waals surface area contributed by atoms with Gasteiger partial charge in [-0.15, -0.1) is 0 Å². The molecule has 1 atom stereocenters. The molecule has 16 heavy (non-hydrogen) atoms. The molecule has 1 heterocycles. The number of rotatable bonds is 5. The van der Waals surface area contributed by atoms with Crippen molar-refractivity contribution >= 4 is 0 Å². The van der Waals surface area contributed by atoms with Crippen LogP contribution in [-0.4, -0.2) is 49.5 Å². The maximum Gasteiger partial charge on any atom is 0.0698 e. The summed E-state index contributed by atoms with van der Waals surface area (Å²) >= 11 is 0. The lowest BCUT2D eigenvalue weighted by Crippen LogP contribution is -2.36. The maximum atomic E-state index is 8.51. The Kier molecular flexibility index (Phi) is 11.3. The molecule has 0 aromatic rings. The summed E-state index contributed by atoms with van der Waals surface area (Å²) < 4.78 is 5.23. The van der Waals surface area contributed by atoms with Gasteiger partial charge >= 0.3 is 0 Å². The molecule has 3 heteroatoms. The second-order valence-corrected chi connectivity index (χ2v) is 4.59. The van der Waals surface area contributed by atoms with Gasteiger partial charge in [-0.25, -0.2) is 0 Å². The molecule has 0 saturated carbocycles. The van der Waals surface area contributed by atoms with E-state index in [1.807, 2.05) is 0 Å². The van der Waals surface area contributed by atoms with Crippen molar-refractivity contribution in [1.29, 1.82) is 0 Å². The predicted molar refractivity (Wildman–Crippen MR) is 68.7 cm³/mol. The van der Waals surface area contributed by atoms with E-state index < -0.39 is 0 Å². The van der Waals surface area contributed by atoms with E-state index in [0.29, 0.717) is 6.61 Å². The number of hydrogen-bond acceptors (Lipinski definition) is 3. The average Bonchev–Trinajstić information content (AvgIpc) is 2.26. The summed E-state index contributed by atoms with van der Waals surface area (Å²) in [5.74, 6) is 0.839. The number of likely N-dealkylation sites (tertiary alicyclic amines) is 1. The Morgan fingerprint density at radius 2 is 2.00 bits per heavy atom. The Hall–Kier alpha value is -0.120.